The maximum atomic E-state index is 5.98. The summed E-state index contributed by atoms with van der Waals surface area (Å²) in [5, 5.41) is 3.38. The molecule has 0 aromatic carbocycles. The molecule has 0 aliphatic rings. The Kier molecular flexibility index (Phi) is 10.0. The van der Waals surface area contributed by atoms with Crippen LogP contribution in [0.4, 0.5) is 0 Å². The van der Waals surface area contributed by atoms with Gasteiger partial charge in [0.25, 0.3) is 0 Å². The average Bonchev–Trinajstić information content (AvgIpc) is 2.26. The molecule has 16 heavy (non-hydrogen) atoms. The fourth-order valence-electron chi connectivity index (χ4n) is 2.07. The number of ether oxygens (including phenoxy) is 1. The number of rotatable bonds is 10. The van der Waals surface area contributed by atoms with Gasteiger partial charge < -0.3 is 10.1 Å². The van der Waals surface area contributed by atoms with Crippen LogP contribution >= 0.6 is 0 Å². The molecule has 0 radical (unpaired) electrons. The summed E-state index contributed by atoms with van der Waals surface area (Å²) in [6, 6.07) is 0.522. The maximum absolute atomic E-state index is 5.98. The minimum absolute atomic E-state index is 0.386. The van der Waals surface area contributed by atoms with Crippen LogP contribution in [0.3, 0.4) is 0 Å². The van der Waals surface area contributed by atoms with Gasteiger partial charge in [-0.05, 0) is 38.6 Å². The van der Waals surface area contributed by atoms with Crippen LogP contribution in [0.5, 0.6) is 0 Å². The summed E-state index contributed by atoms with van der Waals surface area (Å²) >= 11 is 0. The van der Waals surface area contributed by atoms with Crippen LogP contribution in [0.25, 0.3) is 0 Å². The third-order valence-corrected chi connectivity index (χ3v) is 3.08. The van der Waals surface area contributed by atoms with Crippen molar-refractivity contribution in [2.75, 3.05) is 13.7 Å². The van der Waals surface area contributed by atoms with E-state index in [2.05, 4.69) is 33.0 Å². The number of hydrogen-bond donors (Lipinski definition) is 1. The van der Waals surface area contributed by atoms with Crippen molar-refractivity contribution in [2.45, 2.75) is 71.9 Å². The van der Waals surface area contributed by atoms with Crippen molar-refractivity contribution < 1.29 is 4.74 Å². The fraction of sp³-hybridized carbons (Fsp3) is 1.00. The fourth-order valence-corrected chi connectivity index (χ4v) is 2.07. The Morgan fingerprint density at radius 2 is 1.81 bits per heavy atom. The summed E-state index contributed by atoms with van der Waals surface area (Å²) in [6.45, 7) is 9.90. The number of hydrogen-bond acceptors (Lipinski definition) is 2. The van der Waals surface area contributed by atoms with Crippen molar-refractivity contribution in [3.05, 3.63) is 0 Å². The minimum atomic E-state index is 0.386. The first-order valence-electron chi connectivity index (χ1n) is 6.94. The van der Waals surface area contributed by atoms with E-state index in [1.165, 1.54) is 25.7 Å². The van der Waals surface area contributed by atoms with Crippen LogP contribution in [0.15, 0.2) is 0 Å². The molecule has 0 heterocycles. The summed E-state index contributed by atoms with van der Waals surface area (Å²) in [5.41, 5.74) is 0. The van der Waals surface area contributed by atoms with Gasteiger partial charge in [-0.15, -0.1) is 0 Å². The molecule has 0 rings (SSSR count). The smallest absolute Gasteiger partial charge is 0.0725 e. The lowest BCUT2D eigenvalue weighted by molar-refractivity contribution is 0.0204. The molecule has 2 unspecified atom stereocenters. The SMILES string of the molecule is CCCC(NC)C(CC)OCCCC(C)C. The van der Waals surface area contributed by atoms with E-state index in [0.717, 1.165) is 18.9 Å². The second-order valence-corrected chi connectivity index (χ2v) is 5.04. The van der Waals surface area contributed by atoms with Gasteiger partial charge in [-0.3, -0.25) is 0 Å². The van der Waals surface area contributed by atoms with Crippen molar-refractivity contribution >= 4 is 0 Å². The lowest BCUT2D eigenvalue weighted by atomic mass is 10.0. The first-order valence-corrected chi connectivity index (χ1v) is 6.94. The zero-order valence-electron chi connectivity index (χ0n) is 11.9. The normalized spacial score (nSPS) is 15.4. The van der Waals surface area contributed by atoms with Crippen molar-refractivity contribution in [2.24, 2.45) is 5.92 Å². The molecule has 0 saturated heterocycles. The molecule has 2 nitrogen and oxygen atoms in total. The van der Waals surface area contributed by atoms with Crippen molar-refractivity contribution in [1.29, 1.82) is 0 Å². The summed E-state index contributed by atoms with van der Waals surface area (Å²) in [4.78, 5) is 0. The Hall–Kier alpha value is -0.0800. The molecule has 0 fully saturated rings. The van der Waals surface area contributed by atoms with Gasteiger partial charge in [0.2, 0.25) is 0 Å². The number of likely N-dealkylation sites (N-methyl/N-ethyl adjacent to an activating group) is 1. The first-order chi connectivity index (χ1) is 7.65. The molecule has 0 amide bonds. The molecule has 2 heteroatoms. The van der Waals surface area contributed by atoms with Crippen LogP contribution in [0.2, 0.25) is 0 Å². The van der Waals surface area contributed by atoms with Crippen molar-refractivity contribution in [1.82, 2.24) is 5.32 Å². The highest BCUT2D eigenvalue weighted by Crippen LogP contribution is 2.11. The molecule has 0 aliphatic carbocycles. The highest BCUT2D eigenvalue weighted by atomic mass is 16.5. The largest absolute Gasteiger partial charge is 0.377 e. The van der Waals surface area contributed by atoms with Gasteiger partial charge >= 0.3 is 0 Å². The van der Waals surface area contributed by atoms with E-state index in [4.69, 9.17) is 4.74 Å². The summed E-state index contributed by atoms with van der Waals surface area (Å²) in [5.74, 6) is 0.791. The molecule has 0 bridgehead atoms. The molecule has 2 atom stereocenters. The lowest BCUT2D eigenvalue weighted by Gasteiger charge is -2.26. The van der Waals surface area contributed by atoms with Crippen molar-refractivity contribution in [3.63, 3.8) is 0 Å². The third kappa shape index (κ3) is 7.24. The van der Waals surface area contributed by atoms with Crippen LogP contribution in [0.1, 0.15) is 59.8 Å². The summed E-state index contributed by atoms with van der Waals surface area (Å²) in [6.07, 6.45) is 6.38. The molecule has 0 spiro atoms. The van der Waals surface area contributed by atoms with E-state index < -0.39 is 0 Å². The Morgan fingerprint density at radius 1 is 1.12 bits per heavy atom. The van der Waals surface area contributed by atoms with Crippen LogP contribution in [-0.4, -0.2) is 25.8 Å². The third-order valence-electron chi connectivity index (χ3n) is 3.08. The van der Waals surface area contributed by atoms with Gasteiger partial charge in [0.1, 0.15) is 0 Å². The highest BCUT2D eigenvalue weighted by Gasteiger charge is 2.17. The summed E-state index contributed by atoms with van der Waals surface area (Å²) in [7, 11) is 2.04. The molecule has 0 saturated carbocycles. The van der Waals surface area contributed by atoms with Gasteiger partial charge in [0.05, 0.1) is 6.10 Å². The predicted molar refractivity (Wildman–Crippen MR) is 71.9 cm³/mol. The van der Waals surface area contributed by atoms with Gasteiger partial charge in [-0.1, -0.05) is 34.1 Å². The van der Waals surface area contributed by atoms with Crippen molar-refractivity contribution in [3.8, 4) is 0 Å². The lowest BCUT2D eigenvalue weighted by Crippen LogP contribution is -2.39. The van der Waals surface area contributed by atoms with E-state index in [1.807, 2.05) is 7.05 Å². The zero-order valence-corrected chi connectivity index (χ0v) is 11.9. The quantitative estimate of drug-likeness (QED) is 0.578. The van der Waals surface area contributed by atoms with Gasteiger partial charge in [0, 0.05) is 12.6 Å². The van der Waals surface area contributed by atoms with Gasteiger partial charge in [0.15, 0.2) is 0 Å². The molecule has 0 aromatic rings. The second kappa shape index (κ2) is 10.1. The molecular weight excluding hydrogens is 198 g/mol. The zero-order chi connectivity index (χ0) is 12.4. The Labute approximate surface area is 102 Å². The molecular formula is C14H31NO. The highest BCUT2D eigenvalue weighted by molar-refractivity contribution is 4.74. The summed E-state index contributed by atoms with van der Waals surface area (Å²) < 4.78 is 5.98. The standard InChI is InChI=1S/C14H31NO/c1-6-9-13(15-5)14(7-2)16-11-8-10-12(3)4/h12-15H,6-11H2,1-5H3. The van der Waals surface area contributed by atoms with Crippen LogP contribution in [-0.2, 0) is 4.74 Å². The monoisotopic (exact) mass is 229 g/mol. The molecule has 98 valence electrons. The second-order valence-electron chi connectivity index (χ2n) is 5.04. The van der Waals surface area contributed by atoms with Gasteiger partial charge in [-0.2, -0.15) is 0 Å². The Morgan fingerprint density at radius 3 is 2.25 bits per heavy atom. The van der Waals surface area contributed by atoms with Crippen LogP contribution < -0.4 is 5.32 Å². The predicted octanol–water partition coefficient (Wildman–Crippen LogP) is 3.61. The Bertz CT molecular complexity index is 148. The van der Waals surface area contributed by atoms with E-state index >= 15 is 0 Å². The van der Waals surface area contributed by atoms with E-state index in [1.54, 1.807) is 0 Å². The maximum Gasteiger partial charge on any atom is 0.0725 e. The molecule has 1 N–H and O–H groups in total. The topological polar surface area (TPSA) is 21.3 Å². The number of nitrogens with one attached hydrogen (secondary N) is 1. The van der Waals surface area contributed by atoms with E-state index in [-0.39, 0.29) is 0 Å². The average molecular weight is 229 g/mol. The molecule has 0 aliphatic heterocycles. The first kappa shape index (κ1) is 15.9. The molecule has 0 aromatic heterocycles. The van der Waals surface area contributed by atoms with E-state index in [0.29, 0.717) is 12.1 Å². The van der Waals surface area contributed by atoms with E-state index in [9.17, 15) is 0 Å². The van der Waals surface area contributed by atoms with Gasteiger partial charge in [-0.25, -0.2) is 0 Å². The Balaban J connectivity index is 3.79. The minimum Gasteiger partial charge on any atom is -0.377 e. The van der Waals surface area contributed by atoms with Crippen LogP contribution in [0, 0.1) is 5.92 Å².